The van der Waals surface area contributed by atoms with E-state index in [9.17, 15) is 14.9 Å². The first-order valence-corrected chi connectivity index (χ1v) is 8.21. The van der Waals surface area contributed by atoms with Crippen LogP contribution in [-0.4, -0.2) is 41.2 Å². The lowest BCUT2D eigenvalue weighted by Crippen LogP contribution is -2.44. The molecule has 1 saturated heterocycles. The molecule has 0 aromatic heterocycles. The van der Waals surface area contributed by atoms with E-state index in [1.165, 1.54) is 6.07 Å². The maximum atomic E-state index is 12.2. The molecule has 1 aliphatic heterocycles. The van der Waals surface area contributed by atoms with Crippen molar-refractivity contribution in [2.75, 3.05) is 25.0 Å². The summed E-state index contributed by atoms with van der Waals surface area (Å²) < 4.78 is 5.42. The summed E-state index contributed by atoms with van der Waals surface area (Å²) in [7, 11) is 0. The van der Waals surface area contributed by atoms with E-state index in [0.717, 1.165) is 12.8 Å². The molecule has 1 N–H and O–H groups in total. The number of anilines is 1. The zero-order valence-corrected chi connectivity index (χ0v) is 14.4. The number of piperidine rings is 1. The van der Waals surface area contributed by atoms with Crippen molar-refractivity contribution in [2.24, 2.45) is 5.92 Å². The molecule has 132 valence electrons. The molecule has 24 heavy (non-hydrogen) atoms. The topological polar surface area (TPSA) is 84.7 Å². The van der Waals surface area contributed by atoms with Crippen LogP contribution in [0.15, 0.2) is 24.3 Å². The Labute approximate surface area is 142 Å². The third-order valence-electron chi connectivity index (χ3n) is 3.85. The highest BCUT2D eigenvalue weighted by Gasteiger charge is 2.27. The highest BCUT2D eigenvalue weighted by atomic mass is 16.6. The van der Waals surface area contributed by atoms with Crippen LogP contribution in [0.4, 0.5) is 16.2 Å². The molecule has 1 atom stereocenters. The van der Waals surface area contributed by atoms with E-state index in [-0.39, 0.29) is 17.7 Å². The number of ether oxygens (including phenoxy) is 1. The molecule has 1 aromatic carbocycles. The molecule has 1 aliphatic rings. The summed E-state index contributed by atoms with van der Waals surface area (Å²) in [5, 5.41) is 14.2. The molecule has 0 bridgehead atoms. The normalized spacial score (nSPS) is 18.1. The third-order valence-corrected chi connectivity index (χ3v) is 3.85. The molecule has 1 heterocycles. The number of nitro groups is 1. The summed E-state index contributed by atoms with van der Waals surface area (Å²) >= 11 is 0. The van der Waals surface area contributed by atoms with Crippen LogP contribution in [0.5, 0.6) is 0 Å². The van der Waals surface area contributed by atoms with Crippen molar-refractivity contribution in [2.45, 2.75) is 39.2 Å². The number of nitro benzene ring substituents is 1. The van der Waals surface area contributed by atoms with Gasteiger partial charge in [0, 0.05) is 25.7 Å². The number of benzene rings is 1. The van der Waals surface area contributed by atoms with Gasteiger partial charge in [-0.25, -0.2) is 4.79 Å². The minimum absolute atomic E-state index is 0.0670. The number of rotatable bonds is 4. The summed E-state index contributed by atoms with van der Waals surface area (Å²) in [6.45, 7) is 7.43. The van der Waals surface area contributed by atoms with Gasteiger partial charge >= 0.3 is 6.09 Å². The van der Waals surface area contributed by atoms with Gasteiger partial charge in [-0.05, 0) is 45.6 Å². The first kappa shape index (κ1) is 18.0. The molecule has 0 saturated carbocycles. The number of carbonyl (C=O) groups is 1. The molecule has 0 radical (unpaired) electrons. The van der Waals surface area contributed by atoms with Gasteiger partial charge in [0.05, 0.1) is 4.92 Å². The number of nitrogens with one attached hydrogen (secondary N) is 1. The van der Waals surface area contributed by atoms with Gasteiger partial charge < -0.3 is 15.0 Å². The summed E-state index contributed by atoms with van der Waals surface area (Å²) in [5.74, 6) is 0.242. The highest BCUT2D eigenvalue weighted by Crippen LogP contribution is 2.25. The Morgan fingerprint density at radius 3 is 2.79 bits per heavy atom. The largest absolute Gasteiger partial charge is 0.444 e. The van der Waals surface area contributed by atoms with Gasteiger partial charge in [0.25, 0.3) is 5.69 Å². The molecule has 2 rings (SSSR count). The van der Waals surface area contributed by atoms with E-state index >= 15 is 0 Å². The van der Waals surface area contributed by atoms with E-state index < -0.39 is 10.5 Å². The summed E-state index contributed by atoms with van der Waals surface area (Å²) in [4.78, 5) is 24.5. The second-order valence-electron chi connectivity index (χ2n) is 7.09. The summed E-state index contributed by atoms with van der Waals surface area (Å²) in [6.07, 6.45) is 1.59. The first-order valence-electron chi connectivity index (χ1n) is 8.21. The Morgan fingerprint density at radius 2 is 2.12 bits per heavy atom. The van der Waals surface area contributed by atoms with Crippen LogP contribution in [0.1, 0.15) is 33.6 Å². The minimum atomic E-state index is -0.507. The van der Waals surface area contributed by atoms with Crippen molar-refractivity contribution < 1.29 is 14.5 Å². The maximum absolute atomic E-state index is 12.2. The number of hydrogen-bond acceptors (Lipinski definition) is 5. The average Bonchev–Trinajstić information content (AvgIpc) is 2.52. The highest BCUT2D eigenvalue weighted by molar-refractivity contribution is 5.68. The zero-order chi connectivity index (χ0) is 17.7. The van der Waals surface area contributed by atoms with Gasteiger partial charge in [-0.1, -0.05) is 12.1 Å². The standard InChI is InChI=1S/C17H25N3O4/c1-17(2,3)24-16(21)19-10-6-7-13(12-19)11-18-14-8-4-5-9-15(14)20(22)23/h4-5,8-9,13,18H,6-7,10-12H2,1-3H3/t13-/m0/s1. The quantitative estimate of drug-likeness (QED) is 0.670. The Bertz CT molecular complexity index is 598. The number of carbonyl (C=O) groups excluding carboxylic acids is 1. The fraction of sp³-hybridized carbons (Fsp3) is 0.588. The fourth-order valence-corrected chi connectivity index (χ4v) is 2.76. The number of amides is 1. The van der Waals surface area contributed by atoms with Gasteiger partial charge in [-0.2, -0.15) is 0 Å². The predicted molar refractivity (Wildman–Crippen MR) is 92.1 cm³/mol. The van der Waals surface area contributed by atoms with Crippen LogP contribution in [0.3, 0.4) is 0 Å². The van der Waals surface area contributed by atoms with Crippen molar-refractivity contribution >= 4 is 17.5 Å². The molecule has 0 spiro atoms. The van der Waals surface area contributed by atoms with Crippen molar-refractivity contribution in [1.82, 2.24) is 4.90 Å². The monoisotopic (exact) mass is 335 g/mol. The van der Waals surface area contributed by atoms with Gasteiger partial charge in [-0.3, -0.25) is 10.1 Å². The Balaban J connectivity index is 1.92. The Kier molecular flexibility index (Phi) is 5.64. The van der Waals surface area contributed by atoms with Gasteiger partial charge in [0.2, 0.25) is 0 Å². The molecule has 1 aromatic rings. The van der Waals surface area contributed by atoms with Crippen LogP contribution < -0.4 is 5.32 Å². The molecule has 1 amide bonds. The lowest BCUT2D eigenvalue weighted by molar-refractivity contribution is -0.384. The van der Waals surface area contributed by atoms with Crippen LogP contribution in [0.25, 0.3) is 0 Å². The van der Waals surface area contributed by atoms with E-state index in [1.807, 2.05) is 20.8 Å². The minimum Gasteiger partial charge on any atom is -0.444 e. The lowest BCUT2D eigenvalue weighted by atomic mass is 9.98. The zero-order valence-electron chi connectivity index (χ0n) is 14.4. The number of nitrogens with zero attached hydrogens (tertiary/aromatic N) is 2. The van der Waals surface area contributed by atoms with E-state index in [0.29, 0.717) is 25.3 Å². The number of likely N-dealkylation sites (tertiary alicyclic amines) is 1. The second-order valence-corrected chi connectivity index (χ2v) is 7.09. The van der Waals surface area contributed by atoms with E-state index in [1.54, 1.807) is 23.1 Å². The second kappa shape index (κ2) is 7.51. The van der Waals surface area contributed by atoms with Gasteiger partial charge in [-0.15, -0.1) is 0 Å². The molecular formula is C17H25N3O4. The third kappa shape index (κ3) is 5.11. The number of hydrogen-bond donors (Lipinski definition) is 1. The van der Waals surface area contributed by atoms with Crippen molar-refractivity contribution in [3.63, 3.8) is 0 Å². The van der Waals surface area contributed by atoms with Crippen molar-refractivity contribution in [3.05, 3.63) is 34.4 Å². The number of para-hydroxylation sites is 2. The van der Waals surface area contributed by atoms with Crippen molar-refractivity contribution in [1.29, 1.82) is 0 Å². The molecule has 0 unspecified atom stereocenters. The summed E-state index contributed by atoms with van der Waals surface area (Å²) in [6, 6.07) is 6.60. The Hall–Kier alpha value is -2.31. The average molecular weight is 335 g/mol. The molecular weight excluding hydrogens is 310 g/mol. The van der Waals surface area contributed by atoms with Crippen LogP contribution >= 0.6 is 0 Å². The predicted octanol–water partition coefficient (Wildman–Crippen LogP) is 3.65. The first-order chi connectivity index (χ1) is 11.3. The van der Waals surface area contributed by atoms with Gasteiger partial charge in [0.15, 0.2) is 0 Å². The summed E-state index contributed by atoms with van der Waals surface area (Å²) in [5.41, 5.74) is 0.0709. The van der Waals surface area contributed by atoms with E-state index in [4.69, 9.17) is 4.74 Å². The molecule has 0 aliphatic carbocycles. The SMILES string of the molecule is CC(C)(C)OC(=O)N1CCC[C@@H](CNc2ccccc2[N+](=O)[O-])C1. The fourth-order valence-electron chi connectivity index (χ4n) is 2.76. The molecule has 7 heteroatoms. The Morgan fingerprint density at radius 1 is 1.42 bits per heavy atom. The van der Waals surface area contributed by atoms with Crippen molar-refractivity contribution in [3.8, 4) is 0 Å². The van der Waals surface area contributed by atoms with Crippen LogP contribution in [0.2, 0.25) is 0 Å². The van der Waals surface area contributed by atoms with Crippen LogP contribution in [0, 0.1) is 16.0 Å². The van der Waals surface area contributed by atoms with Crippen LogP contribution in [-0.2, 0) is 4.74 Å². The molecule has 1 fully saturated rings. The lowest BCUT2D eigenvalue weighted by Gasteiger charge is -2.34. The molecule has 7 nitrogen and oxygen atoms in total. The van der Waals surface area contributed by atoms with Gasteiger partial charge in [0.1, 0.15) is 11.3 Å². The smallest absolute Gasteiger partial charge is 0.410 e. The van der Waals surface area contributed by atoms with E-state index in [2.05, 4.69) is 5.32 Å². The maximum Gasteiger partial charge on any atom is 0.410 e.